The van der Waals surface area contributed by atoms with E-state index in [2.05, 4.69) is 76.0 Å². The van der Waals surface area contributed by atoms with Crippen molar-refractivity contribution in [2.45, 2.75) is 322 Å². The van der Waals surface area contributed by atoms with Gasteiger partial charge < -0.3 is 57.6 Å². The van der Waals surface area contributed by atoms with Crippen molar-refractivity contribution in [3.8, 4) is 93.0 Å². The Kier molecular flexibility index (Phi) is 29.8. The first-order valence-electron chi connectivity index (χ1n) is 37.8. The molecule has 0 fully saturated rings. The molecular weight excluding hydrogens is 1180 g/mol. The van der Waals surface area contributed by atoms with Gasteiger partial charge in [0.05, 0.1) is 0 Å². The fourth-order valence-corrected chi connectivity index (χ4v) is 15.5. The predicted octanol–water partition coefficient (Wildman–Crippen LogP) is 23.3. The SMILES string of the molecule is CC#COc1c2c3cc4c1OCOc1c(cc5c(c1O)OCOc1c(cc6c(c1OC#CC)OCOc1c(cc(c(c1O)OCO2)C3CCCCCCCCCCC)C6CCCCCCCCCCC)C5CCCCCCCCCCC)C4CCCCCCCCCCC. The molecule has 0 saturated heterocycles. The molecule has 2 N–H and O–H groups in total. The number of benzene rings is 4. The average molecular weight is 1290 g/mol. The maximum absolute atomic E-state index is 13.2. The van der Waals surface area contributed by atoms with Crippen molar-refractivity contribution in [1.29, 1.82) is 0 Å². The van der Waals surface area contributed by atoms with Crippen LogP contribution in [0.25, 0.3) is 0 Å². The topological polar surface area (TPSA) is 133 Å². The molecule has 1 aliphatic carbocycles. The standard InChI is InChI=1S/C82H116O12/c1-7-13-17-21-25-29-33-37-41-45-59-63-51-64-60(46-42-38-34-30-26-22-18-14-8-2)69-54-70-62(48-44-40-36-32-28-24-20-16-10-4)66-52-65-61(47-43-39-35-31-27-23-19-15-9-3)68-53-67(59)77-81(85-49-11-5)78(68)92-57-89-75(65)72(84)76(66)90-58-94-80(70)82(86-50-12-6)79(69)93-56-88-74(64)71(83)73(63)87-55-91-77/h51-54,59-62,83-84H,7-10,13-48,55-58H2,1-6H3. The van der Waals surface area contributed by atoms with Crippen LogP contribution in [0.1, 0.15) is 367 Å². The number of hydrogen-bond acceptors (Lipinski definition) is 12. The fourth-order valence-electron chi connectivity index (χ4n) is 15.5. The van der Waals surface area contributed by atoms with E-state index in [1.165, 1.54) is 154 Å². The van der Waals surface area contributed by atoms with Crippen LogP contribution in [0.15, 0.2) is 24.3 Å². The molecule has 4 heterocycles. The number of phenolic OH excluding ortho intramolecular Hbond substituents is 2. The second-order valence-corrected chi connectivity index (χ2v) is 27.4. The highest BCUT2D eigenvalue weighted by Crippen LogP contribution is 2.62. The number of ether oxygens (including phenoxy) is 10. The lowest BCUT2D eigenvalue weighted by atomic mass is 9.75. The minimum Gasteiger partial charge on any atom is -0.502 e. The Morgan fingerprint density at radius 3 is 0.670 bits per heavy atom. The normalized spacial score (nSPS) is 16.8. The Balaban J connectivity index is 1.30. The number of hydrogen-bond donors (Lipinski definition) is 2. The highest BCUT2D eigenvalue weighted by atomic mass is 16.7. The van der Waals surface area contributed by atoms with E-state index in [0.29, 0.717) is 57.5 Å². The van der Waals surface area contributed by atoms with E-state index in [1.54, 1.807) is 13.8 Å². The number of phenols is 2. The molecule has 8 bridgehead atoms. The maximum atomic E-state index is 13.2. The molecule has 12 nitrogen and oxygen atoms in total. The Bertz CT molecular complexity index is 2750. The van der Waals surface area contributed by atoms with Crippen molar-refractivity contribution in [3.05, 3.63) is 68.8 Å². The summed E-state index contributed by atoms with van der Waals surface area (Å²) in [5, 5.41) is 26.4. The third-order valence-corrected chi connectivity index (χ3v) is 20.6. The van der Waals surface area contributed by atoms with Crippen LogP contribution in [-0.4, -0.2) is 37.4 Å². The zero-order valence-electron chi connectivity index (χ0n) is 58.7. The van der Waals surface area contributed by atoms with Gasteiger partial charge in [0.15, 0.2) is 46.0 Å². The summed E-state index contributed by atoms with van der Waals surface area (Å²) in [6, 6.07) is 9.18. The van der Waals surface area contributed by atoms with E-state index >= 15 is 0 Å². The molecule has 94 heavy (non-hydrogen) atoms. The number of rotatable bonds is 42. The van der Waals surface area contributed by atoms with Crippen LogP contribution in [-0.2, 0) is 0 Å². The van der Waals surface area contributed by atoms with Gasteiger partial charge in [-0.15, -0.1) is 0 Å². The van der Waals surface area contributed by atoms with Crippen molar-refractivity contribution < 1.29 is 57.6 Å². The monoisotopic (exact) mass is 1290 g/mol. The van der Waals surface area contributed by atoms with Gasteiger partial charge >= 0.3 is 0 Å². The predicted molar refractivity (Wildman–Crippen MR) is 376 cm³/mol. The lowest BCUT2D eigenvalue weighted by Crippen LogP contribution is -2.23. The lowest BCUT2D eigenvalue weighted by Gasteiger charge is -2.36. The molecule has 4 atom stereocenters. The summed E-state index contributed by atoms with van der Waals surface area (Å²) < 4.78 is 68.0. The van der Waals surface area contributed by atoms with Crippen LogP contribution in [0.4, 0.5) is 0 Å². The zero-order valence-corrected chi connectivity index (χ0v) is 58.7. The van der Waals surface area contributed by atoms with E-state index in [1.807, 2.05) is 0 Å². The summed E-state index contributed by atoms with van der Waals surface area (Å²) in [7, 11) is 0. The van der Waals surface area contributed by atoms with Crippen LogP contribution >= 0.6 is 0 Å². The van der Waals surface area contributed by atoms with Crippen LogP contribution in [0, 0.1) is 24.1 Å². The second-order valence-electron chi connectivity index (χ2n) is 27.4. The van der Waals surface area contributed by atoms with Gasteiger partial charge in [0.1, 0.15) is 12.2 Å². The highest BCUT2D eigenvalue weighted by molar-refractivity contribution is 5.73. The van der Waals surface area contributed by atoms with Crippen LogP contribution < -0.4 is 47.4 Å². The molecule has 4 aromatic rings. The van der Waals surface area contributed by atoms with Gasteiger partial charge in [-0.3, -0.25) is 0 Å². The van der Waals surface area contributed by atoms with Crippen molar-refractivity contribution >= 4 is 0 Å². The molecule has 9 rings (SSSR count). The van der Waals surface area contributed by atoms with E-state index in [4.69, 9.17) is 47.4 Å². The molecule has 4 aliphatic heterocycles. The zero-order chi connectivity index (χ0) is 65.7. The van der Waals surface area contributed by atoms with Crippen LogP contribution in [0.3, 0.4) is 0 Å². The van der Waals surface area contributed by atoms with Crippen molar-refractivity contribution in [2.24, 2.45) is 0 Å². The smallest absolute Gasteiger partial charge is 0.231 e. The minimum absolute atomic E-state index is 0.0757. The first-order valence-corrected chi connectivity index (χ1v) is 37.8. The fraction of sp³-hybridized carbons (Fsp3) is 0.659. The van der Waals surface area contributed by atoms with Gasteiger partial charge in [0.25, 0.3) is 0 Å². The summed E-state index contributed by atoms with van der Waals surface area (Å²) in [5.74, 6) is 8.34. The molecule has 0 saturated carbocycles. The van der Waals surface area contributed by atoms with E-state index in [0.717, 1.165) is 147 Å². The minimum atomic E-state index is -0.374. The molecule has 4 aromatic carbocycles. The second kappa shape index (κ2) is 39.0. The molecule has 0 radical (unpaired) electrons. The summed E-state index contributed by atoms with van der Waals surface area (Å²) in [5.41, 5.74) is 7.00. The van der Waals surface area contributed by atoms with Gasteiger partial charge in [-0.2, -0.15) is 0 Å². The van der Waals surface area contributed by atoms with Gasteiger partial charge in [0, 0.05) is 82.0 Å². The van der Waals surface area contributed by atoms with Gasteiger partial charge in [-0.25, -0.2) is 0 Å². The van der Waals surface area contributed by atoms with Crippen LogP contribution in [0.2, 0.25) is 0 Å². The van der Waals surface area contributed by atoms with E-state index in [-0.39, 0.29) is 62.3 Å². The van der Waals surface area contributed by atoms with Crippen molar-refractivity contribution in [3.63, 3.8) is 0 Å². The van der Waals surface area contributed by atoms with Gasteiger partial charge in [-0.1, -0.05) is 271 Å². The molecule has 5 aliphatic rings. The summed E-state index contributed by atoms with van der Waals surface area (Å²) in [4.78, 5) is 0. The third kappa shape index (κ3) is 18.6. The molecule has 0 aromatic heterocycles. The third-order valence-electron chi connectivity index (χ3n) is 20.6. The largest absolute Gasteiger partial charge is 0.502 e. The first-order chi connectivity index (χ1) is 46.4. The van der Waals surface area contributed by atoms with E-state index in [9.17, 15) is 10.2 Å². The Labute approximate surface area is 565 Å². The first kappa shape index (κ1) is 71.9. The molecular formula is C82H116O12. The Morgan fingerprint density at radius 2 is 0.468 bits per heavy atom. The Hall–Kier alpha value is -6.40. The summed E-state index contributed by atoms with van der Waals surface area (Å²) in [6.45, 7) is 11.6. The quantitative estimate of drug-likeness (QED) is 0.0323. The lowest BCUT2D eigenvalue weighted by molar-refractivity contribution is 0.0878. The molecule has 516 valence electrons. The summed E-state index contributed by atoms with van der Waals surface area (Å²) >= 11 is 0. The highest BCUT2D eigenvalue weighted by Gasteiger charge is 2.42. The van der Waals surface area contributed by atoms with E-state index < -0.39 is 0 Å². The van der Waals surface area contributed by atoms with Crippen molar-refractivity contribution in [2.75, 3.05) is 27.2 Å². The molecule has 0 amide bonds. The molecule has 4 unspecified atom stereocenters. The average Bonchev–Trinajstić information content (AvgIpc) is 0.730. The summed E-state index contributed by atoms with van der Waals surface area (Å²) in [6.07, 6.45) is 51.0. The van der Waals surface area contributed by atoms with Gasteiger partial charge in [0.2, 0.25) is 50.2 Å². The van der Waals surface area contributed by atoms with Gasteiger partial charge in [-0.05, 0) is 49.9 Å². The van der Waals surface area contributed by atoms with Crippen LogP contribution in [0.5, 0.6) is 69.0 Å². The maximum Gasteiger partial charge on any atom is 0.231 e. The molecule has 0 spiro atoms. The Morgan fingerprint density at radius 1 is 0.287 bits per heavy atom. The number of unbranched alkanes of at least 4 members (excludes halogenated alkanes) is 32. The van der Waals surface area contributed by atoms with Crippen molar-refractivity contribution in [1.82, 2.24) is 0 Å². The molecule has 12 heteroatoms. The number of aromatic hydroxyl groups is 2.